The first-order chi connectivity index (χ1) is 11.4. The van der Waals surface area contributed by atoms with Crippen molar-refractivity contribution in [1.29, 1.82) is 0 Å². The fourth-order valence-electron chi connectivity index (χ4n) is 2.95. The lowest BCUT2D eigenvalue weighted by molar-refractivity contribution is 0.0668. The first-order valence-corrected chi connectivity index (χ1v) is 8.43. The van der Waals surface area contributed by atoms with Crippen molar-refractivity contribution in [3.05, 3.63) is 18.2 Å². The summed E-state index contributed by atoms with van der Waals surface area (Å²) in [5.74, 6) is 0.868. The summed E-state index contributed by atoms with van der Waals surface area (Å²) in [7, 11) is 1.67. The molecule has 1 aromatic rings. The van der Waals surface area contributed by atoms with Crippen LogP contribution in [0.4, 0.5) is 8.78 Å². The molecule has 1 fully saturated rings. The number of hydrogen-bond donors (Lipinski definition) is 2. The second kappa shape index (κ2) is 8.41. The Balaban J connectivity index is 1.84. The van der Waals surface area contributed by atoms with Gasteiger partial charge in [-0.15, -0.1) is 0 Å². The van der Waals surface area contributed by atoms with Gasteiger partial charge in [0.05, 0.1) is 6.54 Å². The van der Waals surface area contributed by atoms with Crippen molar-refractivity contribution >= 4 is 5.96 Å². The average molecular weight is 342 g/mol. The minimum absolute atomic E-state index is 0.0134. The number of alkyl halides is 2. The predicted octanol–water partition coefficient (Wildman–Crippen LogP) is 2.21. The van der Waals surface area contributed by atoms with Crippen LogP contribution in [0.25, 0.3) is 0 Å². The summed E-state index contributed by atoms with van der Waals surface area (Å²) in [6.07, 6.45) is 6.44. The third kappa shape index (κ3) is 4.90. The minimum atomic E-state index is -2.59. The van der Waals surface area contributed by atoms with Crippen LogP contribution in [-0.2, 0) is 6.54 Å². The highest BCUT2D eigenvalue weighted by atomic mass is 19.3. The van der Waals surface area contributed by atoms with Crippen molar-refractivity contribution in [2.75, 3.05) is 26.7 Å². The molecule has 0 aromatic carbocycles. The number of rotatable bonds is 6. The average Bonchev–Trinajstić information content (AvgIpc) is 3.04. The van der Waals surface area contributed by atoms with Crippen LogP contribution >= 0.6 is 0 Å². The molecule has 0 bridgehead atoms. The normalized spacial score (nSPS) is 17.3. The molecule has 2 rings (SSSR count). The van der Waals surface area contributed by atoms with E-state index in [4.69, 9.17) is 0 Å². The van der Waals surface area contributed by atoms with Crippen LogP contribution in [0.3, 0.4) is 0 Å². The Kier molecular flexibility index (Phi) is 6.53. The summed E-state index contributed by atoms with van der Waals surface area (Å²) in [5, 5.41) is 6.34. The number of imidazole rings is 1. The summed E-state index contributed by atoms with van der Waals surface area (Å²) < 4.78 is 26.5. The van der Waals surface area contributed by atoms with Crippen LogP contribution in [0.1, 0.15) is 45.5 Å². The number of aromatic nitrogens is 2. The van der Waals surface area contributed by atoms with Crippen LogP contribution < -0.4 is 10.6 Å². The van der Waals surface area contributed by atoms with Gasteiger partial charge in [-0.05, 0) is 39.8 Å². The van der Waals surface area contributed by atoms with Crippen LogP contribution in [0, 0.1) is 0 Å². The Morgan fingerprint density at radius 1 is 1.29 bits per heavy atom. The van der Waals surface area contributed by atoms with E-state index in [2.05, 4.69) is 39.4 Å². The first-order valence-electron chi connectivity index (χ1n) is 8.43. The SMILES string of the molecule is CN=C(NCc1nccn1C(F)F)NCC(C)(C)N1CCCCC1. The number of aliphatic imine (C=N–C) groups is 1. The van der Waals surface area contributed by atoms with Gasteiger partial charge in [-0.25, -0.2) is 4.98 Å². The summed E-state index contributed by atoms with van der Waals surface area (Å²) in [6.45, 7) is 5.00. The molecular weight excluding hydrogens is 314 g/mol. The van der Waals surface area contributed by atoms with Gasteiger partial charge in [-0.1, -0.05) is 6.42 Å². The van der Waals surface area contributed by atoms with E-state index in [9.17, 15) is 8.78 Å². The van der Waals surface area contributed by atoms with Gasteiger partial charge in [0, 0.05) is 31.5 Å². The Labute approximate surface area is 142 Å². The maximum absolute atomic E-state index is 12.8. The van der Waals surface area contributed by atoms with Crippen molar-refractivity contribution in [2.45, 2.75) is 51.7 Å². The van der Waals surface area contributed by atoms with E-state index in [0.717, 1.165) is 24.2 Å². The highest BCUT2D eigenvalue weighted by molar-refractivity contribution is 5.79. The second-order valence-electron chi connectivity index (χ2n) is 6.67. The largest absolute Gasteiger partial charge is 0.355 e. The summed E-state index contributed by atoms with van der Waals surface area (Å²) in [4.78, 5) is 10.6. The number of likely N-dealkylation sites (tertiary alicyclic amines) is 1. The van der Waals surface area contributed by atoms with Crippen LogP contribution in [0.5, 0.6) is 0 Å². The highest BCUT2D eigenvalue weighted by Crippen LogP contribution is 2.19. The van der Waals surface area contributed by atoms with Crippen molar-refractivity contribution < 1.29 is 8.78 Å². The molecule has 6 nitrogen and oxygen atoms in total. The van der Waals surface area contributed by atoms with E-state index in [0.29, 0.717) is 5.96 Å². The smallest absolute Gasteiger partial charge is 0.319 e. The molecule has 1 aliphatic rings. The van der Waals surface area contributed by atoms with E-state index in [1.165, 1.54) is 31.7 Å². The zero-order valence-corrected chi connectivity index (χ0v) is 14.7. The number of piperidine rings is 1. The first kappa shape index (κ1) is 18.6. The molecule has 8 heteroatoms. The lowest BCUT2D eigenvalue weighted by Gasteiger charge is -2.41. The highest BCUT2D eigenvalue weighted by Gasteiger charge is 2.27. The third-order valence-corrected chi connectivity index (χ3v) is 4.50. The zero-order chi connectivity index (χ0) is 17.6. The lowest BCUT2D eigenvalue weighted by atomic mass is 9.98. The van der Waals surface area contributed by atoms with E-state index in [1.807, 2.05) is 0 Å². The van der Waals surface area contributed by atoms with Crippen molar-refractivity contribution in [3.63, 3.8) is 0 Å². The Hall–Kier alpha value is -1.70. The Bertz CT molecular complexity index is 534. The second-order valence-corrected chi connectivity index (χ2v) is 6.67. The van der Waals surface area contributed by atoms with Crippen LogP contribution in [0.2, 0.25) is 0 Å². The zero-order valence-electron chi connectivity index (χ0n) is 14.7. The maximum atomic E-state index is 12.8. The molecule has 0 amide bonds. The number of hydrogen-bond acceptors (Lipinski definition) is 3. The van der Waals surface area contributed by atoms with Gasteiger partial charge in [0.25, 0.3) is 0 Å². The predicted molar refractivity (Wildman–Crippen MR) is 91.2 cm³/mol. The molecule has 0 aliphatic carbocycles. The van der Waals surface area contributed by atoms with E-state index in [1.54, 1.807) is 7.05 Å². The van der Waals surface area contributed by atoms with Crippen LogP contribution in [0.15, 0.2) is 17.4 Å². The molecule has 0 unspecified atom stereocenters. The third-order valence-electron chi connectivity index (χ3n) is 4.50. The molecule has 0 atom stereocenters. The molecule has 2 N–H and O–H groups in total. The molecule has 1 aromatic heterocycles. The topological polar surface area (TPSA) is 57.5 Å². The monoisotopic (exact) mass is 342 g/mol. The standard InChI is InChI=1S/C16H28F2N6/c1-16(2,23-8-5-4-6-9-23)12-22-15(19-3)21-11-13-20-7-10-24(13)14(17)18/h7,10,14H,4-6,8-9,11-12H2,1-3H3,(H2,19,21,22). The lowest BCUT2D eigenvalue weighted by Crippen LogP contribution is -2.54. The fourth-order valence-corrected chi connectivity index (χ4v) is 2.95. The van der Waals surface area contributed by atoms with Crippen molar-refractivity contribution in [1.82, 2.24) is 25.1 Å². The molecule has 24 heavy (non-hydrogen) atoms. The molecular formula is C16H28F2N6. The number of nitrogens with one attached hydrogen (secondary N) is 2. The van der Waals surface area contributed by atoms with E-state index in [-0.39, 0.29) is 17.9 Å². The summed E-state index contributed by atoms with van der Waals surface area (Å²) >= 11 is 0. The molecule has 0 saturated carbocycles. The number of guanidine groups is 1. The number of nitrogens with zero attached hydrogens (tertiary/aromatic N) is 4. The molecule has 2 heterocycles. The molecule has 136 valence electrons. The van der Waals surface area contributed by atoms with Crippen molar-refractivity contribution in [3.8, 4) is 0 Å². The van der Waals surface area contributed by atoms with Gasteiger partial charge >= 0.3 is 6.55 Å². The quantitative estimate of drug-likeness (QED) is 0.615. The minimum Gasteiger partial charge on any atom is -0.355 e. The Morgan fingerprint density at radius 3 is 2.62 bits per heavy atom. The molecule has 0 radical (unpaired) electrons. The number of halogens is 2. The summed E-state index contributed by atoms with van der Waals surface area (Å²) in [5.41, 5.74) is 0.0134. The summed E-state index contributed by atoms with van der Waals surface area (Å²) in [6, 6.07) is 0. The Morgan fingerprint density at radius 2 is 2.00 bits per heavy atom. The van der Waals surface area contributed by atoms with E-state index >= 15 is 0 Å². The van der Waals surface area contributed by atoms with Gasteiger partial charge in [0.2, 0.25) is 0 Å². The molecule has 0 spiro atoms. The van der Waals surface area contributed by atoms with Gasteiger partial charge < -0.3 is 10.6 Å². The molecule has 1 saturated heterocycles. The van der Waals surface area contributed by atoms with E-state index < -0.39 is 6.55 Å². The molecule has 1 aliphatic heterocycles. The van der Waals surface area contributed by atoms with Crippen LogP contribution in [-0.4, -0.2) is 52.6 Å². The van der Waals surface area contributed by atoms with Crippen molar-refractivity contribution in [2.24, 2.45) is 4.99 Å². The van der Waals surface area contributed by atoms with Gasteiger partial charge in [-0.2, -0.15) is 8.78 Å². The van der Waals surface area contributed by atoms with Gasteiger partial charge in [0.1, 0.15) is 5.82 Å². The van der Waals surface area contributed by atoms with Gasteiger partial charge in [-0.3, -0.25) is 14.5 Å². The maximum Gasteiger partial charge on any atom is 0.319 e. The van der Waals surface area contributed by atoms with Gasteiger partial charge in [0.15, 0.2) is 5.96 Å². The fraction of sp³-hybridized carbons (Fsp3) is 0.750.